The quantitative estimate of drug-likeness (QED) is 0.699. The van der Waals surface area contributed by atoms with Gasteiger partial charge >= 0.3 is 6.03 Å². The SMILES string of the molecule is CN(C)CCNC(=O)N1CCCC(CS(=O)(=O)Cc2cccc3ccccc23)C1.Cl. The molecule has 0 spiro atoms. The number of likely N-dealkylation sites (N-methyl/N-ethyl adjacent to an activating group) is 1. The van der Waals surface area contributed by atoms with Gasteiger partial charge in [-0.15, -0.1) is 12.4 Å². The first-order valence-corrected chi connectivity index (χ1v) is 12.0. The van der Waals surface area contributed by atoms with Gasteiger partial charge in [-0.2, -0.15) is 0 Å². The first-order valence-electron chi connectivity index (χ1n) is 10.2. The van der Waals surface area contributed by atoms with Crippen LogP contribution in [-0.2, 0) is 15.6 Å². The monoisotopic (exact) mass is 453 g/mol. The number of sulfone groups is 1. The highest BCUT2D eigenvalue weighted by Gasteiger charge is 2.27. The van der Waals surface area contributed by atoms with E-state index in [1.54, 1.807) is 4.90 Å². The maximum Gasteiger partial charge on any atom is 0.317 e. The second-order valence-corrected chi connectivity index (χ2v) is 10.3. The number of benzene rings is 2. The fraction of sp³-hybridized carbons (Fsp3) is 0.500. The number of urea groups is 1. The Bertz CT molecular complexity index is 944. The van der Waals surface area contributed by atoms with Gasteiger partial charge in [-0.1, -0.05) is 42.5 Å². The Morgan fingerprint density at radius 1 is 1.17 bits per heavy atom. The molecule has 1 unspecified atom stereocenters. The number of nitrogens with one attached hydrogen (secondary N) is 1. The van der Waals surface area contributed by atoms with E-state index in [1.165, 1.54) is 0 Å². The lowest BCUT2D eigenvalue weighted by atomic mass is 10.0. The molecule has 2 aromatic rings. The molecule has 166 valence electrons. The summed E-state index contributed by atoms with van der Waals surface area (Å²) in [5.74, 6) is 0.153. The highest BCUT2D eigenvalue weighted by Crippen LogP contribution is 2.24. The van der Waals surface area contributed by atoms with E-state index < -0.39 is 9.84 Å². The van der Waals surface area contributed by atoms with Crippen LogP contribution < -0.4 is 5.32 Å². The van der Waals surface area contributed by atoms with Gasteiger partial charge in [0.05, 0.1) is 11.5 Å². The molecule has 1 aliphatic heterocycles. The van der Waals surface area contributed by atoms with Crippen LogP contribution in [0.4, 0.5) is 4.79 Å². The Morgan fingerprint density at radius 3 is 2.67 bits per heavy atom. The van der Waals surface area contributed by atoms with E-state index in [0.29, 0.717) is 19.6 Å². The number of fused-ring (bicyclic) bond motifs is 1. The molecule has 6 nitrogen and oxygen atoms in total. The molecule has 0 bridgehead atoms. The Labute approximate surface area is 185 Å². The van der Waals surface area contributed by atoms with Crippen LogP contribution in [0.1, 0.15) is 18.4 Å². The van der Waals surface area contributed by atoms with E-state index in [4.69, 9.17) is 0 Å². The van der Waals surface area contributed by atoms with Gasteiger partial charge in [0.1, 0.15) is 0 Å². The van der Waals surface area contributed by atoms with Gasteiger partial charge < -0.3 is 15.1 Å². The molecule has 3 rings (SSSR count). The molecule has 1 atom stereocenters. The molecular weight excluding hydrogens is 422 g/mol. The molecule has 2 amide bonds. The summed E-state index contributed by atoms with van der Waals surface area (Å²) in [5.41, 5.74) is 0.845. The van der Waals surface area contributed by atoms with Crippen LogP contribution in [0.2, 0.25) is 0 Å². The summed E-state index contributed by atoms with van der Waals surface area (Å²) in [5, 5.41) is 4.97. The number of hydrogen-bond donors (Lipinski definition) is 1. The smallest absolute Gasteiger partial charge is 0.317 e. The average molecular weight is 454 g/mol. The second kappa shape index (κ2) is 11.0. The molecule has 0 aromatic heterocycles. The zero-order chi connectivity index (χ0) is 20.9. The van der Waals surface area contributed by atoms with Crippen LogP contribution in [0, 0.1) is 5.92 Å². The van der Waals surface area contributed by atoms with Crippen molar-refractivity contribution in [3.63, 3.8) is 0 Å². The number of likely N-dealkylation sites (tertiary alicyclic amines) is 1. The van der Waals surface area contributed by atoms with Crippen molar-refractivity contribution in [2.75, 3.05) is 46.0 Å². The van der Waals surface area contributed by atoms with Crippen molar-refractivity contribution in [2.45, 2.75) is 18.6 Å². The van der Waals surface area contributed by atoms with E-state index in [0.717, 1.165) is 35.7 Å². The van der Waals surface area contributed by atoms with Crippen LogP contribution in [-0.4, -0.2) is 70.3 Å². The summed E-state index contributed by atoms with van der Waals surface area (Å²) in [6.07, 6.45) is 1.69. The fourth-order valence-electron chi connectivity index (χ4n) is 3.96. The van der Waals surface area contributed by atoms with Crippen LogP contribution in [0.5, 0.6) is 0 Å². The first kappa shape index (κ1) is 24.4. The molecule has 2 aromatic carbocycles. The first-order chi connectivity index (χ1) is 13.8. The van der Waals surface area contributed by atoms with E-state index in [-0.39, 0.29) is 35.9 Å². The topological polar surface area (TPSA) is 69.7 Å². The van der Waals surface area contributed by atoms with Gasteiger partial charge in [-0.3, -0.25) is 0 Å². The van der Waals surface area contributed by atoms with Gasteiger partial charge in [0.15, 0.2) is 9.84 Å². The number of piperidine rings is 1. The third-order valence-corrected chi connectivity index (χ3v) is 7.12. The molecule has 0 aliphatic carbocycles. The number of rotatable bonds is 7. The Morgan fingerprint density at radius 2 is 1.90 bits per heavy atom. The molecule has 30 heavy (non-hydrogen) atoms. The van der Waals surface area contributed by atoms with Gasteiger partial charge in [0, 0.05) is 26.2 Å². The fourth-order valence-corrected chi connectivity index (χ4v) is 5.79. The van der Waals surface area contributed by atoms with Crippen LogP contribution in [0.3, 0.4) is 0 Å². The zero-order valence-electron chi connectivity index (χ0n) is 17.7. The van der Waals surface area contributed by atoms with Crippen molar-refractivity contribution >= 4 is 39.0 Å². The van der Waals surface area contributed by atoms with Crippen LogP contribution in [0.25, 0.3) is 10.8 Å². The summed E-state index contributed by atoms with van der Waals surface area (Å²) in [6.45, 7) is 2.56. The maximum absolute atomic E-state index is 12.9. The van der Waals surface area contributed by atoms with Crippen molar-refractivity contribution in [1.29, 1.82) is 0 Å². The molecule has 1 aliphatic rings. The van der Waals surface area contributed by atoms with E-state index in [2.05, 4.69) is 5.32 Å². The molecule has 1 saturated heterocycles. The predicted molar refractivity (Wildman–Crippen MR) is 125 cm³/mol. The largest absolute Gasteiger partial charge is 0.337 e. The van der Waals surface area contributed by atoms with Crippen molar-refractivity contribution in [3.05, 3.63) is 48.0 Å². The van der Waals surface area contributed by atoms with Crippen molar-refractivity contribution < 1.29 is 13.2 Å². The molecule has 8 heteroatoms. The van der Waals surface area contributed by atoms with Gasteiger partial charge in [0.25, 0.3) is 0 Å². The minimum atomic E-state index is -3.27. The summed E-state index contributed by atoms with van der Waals surface area (Å²) in [6, 6.07) is 13.6. The minimum absolute atomic E-state index is 0. The Hall–Kier alpha value is -1.83. The van der Waals surface area contributed by atoms with E-state index >= 15 is 0 Å². The molecule has 1 fully saturated rings. The number of halogens is 1. The summed E-state index contributed by atoms with van der Waals surface area (Å²) in [7, 11) is 0.656. The number of nitrogens with zero attached hydrogens (tertiary/aromatic N) is 2. The van der Waals surface area contributed by atoms with Crippen LogP contribution >= 0.6 is 12.4 Å². The lowest BCUT2D eigenvalue weighted by Crippen LogP contribution is -2.47. The number of amides is 2. The molecule has 0 saturated carbocycles. The number of carbonyl (C=O) groups excluding carboxylic acids is 1. The molecule has 1 N–H and O–H groups in total. The third kappa shape index (κ3) is 6.86. The van der Waals surface area contributed by atoms with Crippen molar-refractivity contribution in [3.8, 4) is 0 Å². The van der Waals surface area contributed by atoms with E-state index in [9.17, 15) is 13.2 Å². The lowest BCUT2D eigenvalue weighted by Gasteiger charge is -2.32. The Kier molecular flexibility index (Phi) is 8.94. The second-order valence-electron chi connectivity index (χ2n) is 8.18. The number of carbonyl (C=O) groups is 1. The highest BCUT2D eigenvalue weighted by atomic mass is 35.5. The predicted octanol–water partition coefficient (Wildman–Crippen LogP) is 3.16. The standard InChI is InChI=1S/C22H31N3O3S.ClH/c1-24(2)14-12-23-22(26)25-13-6-7-18(15-25)16-29(27,28)17-20-10-5-9-19-8-3-4-11-21(19)20;/h3-5,8-11,18H,6-7,12-17H2,1-2H3,(H,23,26);1H. The van der Waals surface area contributed by atoms with Crippen molar-refractivity contribution in [1.82, 2.24) is 15.1 Å². The maximum atomic E-state index is 12.9. The van der Waals surface area contributed by atoms with Crippen molar-refractivity contribution in [2.24, 2.45) is 5.92 Å². The van der Waals surface area contributed by atoms with Gasteiger partial charge in [0.2, 0.25) is 0 Å². The van der Waals surface area contributed by atoms with Gasteiger partial charge in [-0.05, 0) is 49.2 Å². The third-order valence-electron chi connectivity index (χ3n) is 5.39. The van der Waals surface area contributed by atoms with Gasteiger partial charge in [-0.25, -0.2) is 13.2 Å². The Balaban J connectivity index is 0.00000320. The average Bonchev–Trinajstić information content (AvgIpc) is 2.67. The zero-order valence-corrected chi connectivity index (χ0v) is 19.3. The lowest BCUT2D eigenvalue weighted by molar-refractivity contribution is 0.169. The summed E-state index contributed by atoms with van der Waals surface area (Å²) >= 11 is 0. The molecule has 1 heterocycles. The highest BCUT2D eigenvalue weighted by molar-refractivity contribution is 7.90. The minimum Gasteiger partial charge on any atom is -0.337 e. The van der Waals surface area contributed by atoms with E-state index in [1.807, 2.05) is 61.5 Å². The molecular formula is C22H32ClN3O3S. The van der Waals surface area contributed by atoms with Crippen LogP contribution in [0.15, 0.2) is 42.5 Å². The summed E-state index contributed by atoms with van der Waals surface area (Å²) in [4.78, 5) is 16.1. The number of hydrogen-bond acceptors (Lipinski definition) is 4. The summed E-state index contributed by atoms with van der Waals surface area (Å²) < 4.78 is 25.8. The molecule has 0 radical (unpaired) electrons. The normalized spacial score (nSPS) is 17.0.